The van der Waals surface area contributed by atoms with Crippen LogP contribution in [-0.4, -0.2) is 136 Å². The number of likely N-dealkylation sites (tertiary alicyclic amines) is 1. The molecule has 4 amide bonds. The van der Waals surface area contributed by atoms with Crippen molar-refractivity contribution in [3.8, 4) is 0 Å². The van der Waals surface area contributed by atoms with Crippen LogP contribution in [0.5, 0.6) is 0 Å². The third kappa shape index (κ3) is 6.55. The van der Waals surface area contributed by atoms with Crippen molar-refractivity contribution in [1.29, 1.82) is 0 Å². The Morgan fingerprint density at radius 1 is 1.12 bits per heavy atom. The Bertz CT molecular complexity index is 1060. The highest BCUT2D eigenvalue weighted by molar-refractivity contribution is 5.83. The molecular formula is C27H40N6O7. The van der Waals surface area contributed by atoms with Gasteiger partial charge in [0.05, 0.1) is 44.4 Å². The number of ether oxygens (including phenoxy) is 2. The fourth-order valence-electron chi connectivity index (χ4n) is 6.06. The van der Waals surface area contributed by atoms with E-state index in [0.717, 1.165) is 5.56 Å². The third-order valence-electron chi connectivity index (χ3n) is 8.01. The maximum Gasteiger partial charge on any atom is 0.317 e. The Morgan fingerprint density at radius 2 is 1.88 bits per heavy atom. The normalized spacial score (nSPS) is 33.8. The number of hydrogen-bond donors (Lipinski definition) is 4. The number of urea groups is 1. The highest BCUT2D eigenvalue weighted by atomic mass is 16.5. The average Bonchev–Trinajstić information content (AvgIpc) is 3.42. The molecule has 7 atom stereocenters. The average molecular weight is 561 g/mol. The summed E-state index contributed by atoms with van der Waals surface area (Å²) in [7, 11) is 0. The number of carbonyl (C=O) groups is 3. The summed E-state index contributed by atoms with van der Waals surface area (Å²) in [6, 6.07) is 2.62. The Labute approximate surface area is 233 Å². The number of aliphatic hydroxyl groups is 2. The van der Waals surface area contributed by atoms with Gasteiger partial charge in [-0.1, -0.05) is 0 Å². The zero-order chi connectivity index (χ0) is 28.4. The Balaban J connectivity index is 1.41. The molecule has 4 N–H and O–H groups in total. The lowest BCUT2D eigenvalue weighted by Gasteiger charge is -2.38. The molecule has 4 saturated heterocycles. The van der Waals surface area contributed by atoms with Crippen molar-refractivity contribution >= 4 is 17.8 Å². The molecule has 0 radical (unpaired) electrons. The van der Waals surface area contributed by atoms with Crippen molar-refractivity contribution in [2.75, 3.05) is 39.3 Å². The van der Waals surface area contributed by atoms with Gasteiger partial charge in [0.1, 0.15) is 18.3 Å². The molecule has 4 fully saturated rings. The smallest absolute Gasteiger partial charge is 0.317 e. The SMILES string of the molecule is CC(C)NC(=O)N1C[C@@H]2CN(CCO2)C(=O)[C@@H]2C[C@@H](CN2Cc2ccncc2)NC(=O)C[C@@H]2O[C@H](C1)[C@@H](O)[C@H]2O. The van der Waals surface area contributed by atoms with Crippen molar-refractivity contribution in [2.45, 2.75) is 81.9 Å². The van der Waals surface area contributed by atoms with Gasteiger partial charge in [-0.25, -0.2) is 4.79 Å². The molecule has 13 nitrogen and oxygen atoms in total. The maximum absolute atomic E-state index is 13.9. The van der Waals surface area contributed by atoms with Crippen LogP contribution in [0.3, 0.4) is 0 Å². The van der Waals surface area contributed by atoms with Crippen LogP contribution in [0.2, 0.25) is 0 Å². The summed E-state index contributed by atoms with van der Waals surface area (Å²) in [5, 5.41) is 27.3. The lowest BCUT2D eigenvalue weighted by atomic mass is 10.0. The molecule has 40 heavy (non-hydrogen) atoms. The first-order valence-corrected chi connectivity index (χ1v) is 14.1. The van der Waals surface area contributed by atoms with E-state index in [4.69, 9.17) is 9.47 Å². The van der Waals surface area contributed by atoms with Gasteiger partial charge in [0.25, 0.3) is 0 Å². The molecule has 13 heteroatoms. The number of aliphatic hydroxyl groups excluding tert-OH is 2. The van der Waals surface area contributed by atoms with Gasteiger partial charge in [-0.2, -0.15) is 0 Å². The summed E-state index contributed by atoms with van der Waals surface area (Å²) >= 11 is 0. The molecule has 0 saturated carbocycles. The molecule has 0 unspecified atom stereocenters. The maximum atomic E-state index is 13.9. The number of hydrogen-bond acceptors (Lipinski definition) is 9. The highest BCUT2D eigenvalue weighted by Gasteiger charge is 2.46. The Morgan fingerprint density at radius 3 is 2.62 bits per heavy atom. The second-order valence-electron chi connectivity index (χ2n) is 11.5. The monoisotopic (exact) mass is 560 g/mol. The minimum absolute atomic E-state index is 0.00628. The van der Waals surface area contributed by atoms with Crippen LogP contribution in [0.4, 0.5) is 4.79 Å². The van der Waals surface area contributed by atoms with E-state index in [9.17, 15) is 24.6 Å². The standard InChI is InChI=1S/C27H40N6O7/c1-16(2)29-27(38)33-14-19-13-31(7-8-39-19)26(37)20-9-18(12-32(20)11-17-3-5-28-6-4-17)30-23(34)10-21-24(35)25(36)22(15-33)40-21/h3-6,16,18-22,24-25,35-36H,7-15H2,1-2H3,(H,29,38)(H,30,34)/t18-,19-,20-,21-,22+,24-,25+/m0/s1. The lowest BCUT2D eigenvalue weighted by Crippen LogP contribution is -2.56. The van der Waals surface area contributed by atoms with Crippen LogP contribution in [0.15, 0.2) is 24.5 Å². The van der Waals surface area contributed by atoms with Gasteiger partial charge in [0.2, 0.25) is 11.8 Å². The molecule has 5 rings (SSSR count). The highest BCUT2D eigenvalue weighted by Crippen LogP contribution is 2.27. The van der Waals surface area contributed by atoms with Gasteiger partial charge >= 0.3 is 6.03 Å². The van der Waals surface area contributed by atoms with Crippen molar-refractivity contribution in [2.24, 2.45) is 0 Å². The summed E-state index contributed by atoms with van der Waals surface area (Å²) in [6.45, 7) is 5.94. The van der Waals surface area contributed by atoms with Crippen molar-refractivity contribution in [1.82, 2.24) is 30.3 Å². The first-order valence-electron chi connectivity index (χ1n) is 14.1. The van der Waals surface area contributed by atoms with Gasteiger partial charge in [-0.05, 0) is 38.0 Å². The summed E-state index contributed by atoms with van der Waals surface area (Å²) < 4.78 is 11.9. The van der Waals surface area contributed by atoms with E-state index in [1.54, 1.807) is 17.3 Å². The van der Waals surface area contributed by atoms with Crippen LogP contribution in [0.1, 0.15) is 32.3 Å². The fraction of sp³-hybridized carbons (Fsp3) is 0.704. The third-order valence-corrected chi connectivity index (χ3v) is 8.01. The molecule has 220 valence electrons. The molecule has 6 bridgehead atoms. The number of aromatic nitrogens is 1. The summed E-state index contributed by atoms with van der Waals surface area (Å²) in [5.74, 6) is -0.356. The van der Waals surface area contributed by atoms with Crippen molar-refractivity contribution in [3.05, 3.63) is 30.1 Å². The molecule has 1 aromatic rings. The summed E-state index contributed by atoms with van der Waals surface area (Å²) in [5.41, 5.74) is 1.01. The number of rotatable bonds is 3. The van der Waals surface area contributed by atoms with E-state index in [2.05, 4.69) is 20.5 Å². The van der Waals surface area contributed by atoms with Gasteiger partial charge < -0.3 is 40.1 Å². The van der Waals surface area contributed by atoms with Crippen molar-refractivity contribution in [3.63, 3.8) is 0 Å². The predicted octanol–water partition coefficient (Wildman–Crippen LogP) is -1.32. The van der Waals surface area contributed by atoms with Gasteiger partial charge in [-0.3, -0.25) is 19.5 Å². The van der Waals surface area contributed by atoms with E-state index < -0.39 is 36.6 Å². The zero-order valence-corrected chi connectivity index (χ0v) is 23.0. The van der Waals surface area contributed by atoms with Gasteiger partial charge in [0, 0.05) is 50.7 Å². The van der Waals surface area contributed by atoms with E-state index >= 15 is 0 Å². The number of morpholine rings is 1. The van der Waals surface area contributed by atoms with Crippen LogP contribution >= 0.6 is 0 Å². The number of fused-ring (bicyclic) bond motifs is 6. The second-order valence-corrected chi connectivity index (χ2v) is 11.5. The lowest BCUT2D eigenvalue weighted by molar-refractivity contribution is -0.144. The summed E-state index contributed by atoms with van der Waals surface area (Å²) in [6.07, 6.45) is -1.05. The number of carbonyl (C=O) groups excluding carboxylic acids is 3. The van der Waals surface area contributed by atoms with E-state index in [1.165, 1.54) is 4.90 Å². The Hall–Kier alpha value is -2.84. The van der Waals surface area contributed by atoms with Crippen LogP contribution in [0, 0.1) is 0 Å². The number of nitrogens with one attached hydrogen (secondary N) is 2. The zero-order valence-electron chi connectivity index (χ0n) is 23.0. The summed E-state index contributed by atoms with van der Waals surface area (Å²) in [4.78, 5) is 49.4. The minimum Gasteiger partial charge on any atom is -0.388 e. The van der Waals surface area contributed by atoms with E-state index in [1.807, 2.05) is 26.0 Å². The molecule has 0 aromatic carbocycles. The minimum atomic E-state index is -1.27. The molecule has 4 aliphatic rings. The number of pyridine rings is 1. The molecule has 0 aliphatic carbocycles. The molecule has 4 aliphatic heterocycles. The molecular weight excluding hydrogens is 520 g/mol. The molecule has 5 heterocycles. The van der Waals surface area contributed by atoms with Crippen molar-refractivity contribution < 1.29 is 34.1 Å². The quantitative estimate of drug-likeness (QED) is 0.352. The predicted molar refractivity (Wildman–Crippen MR) is 142 cm³/mol. The van der Waals surface area contributed by atoms with Gasteiger partial charge in [0.15, 0.2) is 0 Å². The number of amides is 4. The first-order chi connectivity index (χ1) is 19.2. The van der Waals surface area contributed by atoms with E-state index in [0.29, 0.717) is 39.2 Å². The van der Waals surface area contributed by atoms with Crippen LogP contribution < -0.4 is 10.6 Å². The molecule has 0 spiro atoms. The number of nitrogens with zero attached hydrogens (tertiary/aromatic N) is 4. The fourth-order valence-corrected chi connectivity index (χ4v) is 6.06. The molecule has 1 aromatic heterocycles. The van der Waals surface area contributed by atoms with E-state index in [-0.39, 0.29) is 49.4 Å². The van der Waals surface area contributed by atoms with Gasteiger partial charge in [-0.15, -0.1) is 0 Å². The topological polar surface area (TPSA) is 157 Å². The largest absolute Gasteiger partial charge is 0.388 e. The Kier molecular flexibility index (Phi) is 8.86. The second kappa shape index (κ2) is 12.4. The van der Waals surface area contributed by atoms with Crippen LogP contribution in [-0.2, 0) is 25.6 Å². The van der Waals surface area contributed by atoms with Crippen LogP contribution in [0.25, 0.3) is 0 Å². The first kappa shape index (κ1) is 28.7.